The molecule has 1 aromatic heterocycles. The minimum Gasteiger partial charge on any atom is -0.378 e. The van der Waals surface area contributed by atoms with Gasteiger partial charge in [-0.25, -0.2) is 0 Å². The van der Waals surface area contributed by atoms with Crippen LogP contribution in [-0.4, -0.2) is 11.9 Å². The molecule has 126 valence electrons. The van der Waals surface area contributed by atoms with E-state index in [9.17, 15) is 4.79 Å². The summed E-state index contributed by atoms with van der Waals surface area (Å²) in [4.78, 5) is 15.8. The third-order valence-electron chi connectivity index (χ3n) is 4.65. The van der Waals surface area contributed by atoms with Gasteiger partial charge in [0, 0.05) is 17.4 Å². The minimum absolute atomic E-state index is 0.0908. The number of rotatable bonds is 3. The Morgan fingerprint density at radius 2 is 1.80 bits per heavy atom. The average Bonchev–Trinajstić information content (AvgIpc) is 3.17. The number of para-hydroxylation sites is 2. The number of thiophene rings is 1. The van der Waals surface area contributed by atoms with Crippen LogP contribution in [0.4, 0.5) is 11.4 Å². The molecule has 0 unspecified atom stereocenters. The normalized spacial score (nSPS) is 19.3. The summed E-state index contributed by atoms with van der Waals surface area (Å²) in [6.07, 6.45) is 0.878. The maximum Gasteiger partial charge on any atom is 0.268 e. The molecule has 0 fully saturated rings. The molecular formula is C21H20N2OS. The first-order valence-corrected chi connectivity index (χ1v) is 9.39. The van der Waals surface area contributed by atoms with Gasteiger partial charge in [0.05, 0.1) is 10.9 Å². The number of carbonyl (C=O) groups is 1. The predicted molar refractivity (Wildman–Crippen MR) is 104 cm³/mol. The molecule has 4 rings (SSSR count). The van der Waals surface area contributed by atoms with E-state index in [1.807, 2.05) is 52.7 Å². The van der Waals surface area contributed by atoms with Gasteiger partial charge in [-0.2, -0.15) is 0 Å². The highest BCUT2D eigenvalue weighted by Gasteiger charge is 2.34. The van der Waals surface area contributed by atoms with E-state index in [4.69, 9.17) is 0 Å². The number of anilines is 2. The van der Waals surface area contributed by atoms with Gasteiger partial charge >= 0.3 is 0 Å². The summed E-state index contributed by atoms with van der Waals surface area (Å²) >= 11 is 1.50. The van der Waals surface area contributed by atoms with Crippen molar-refractivity contribution in [2.24, 2.45) is 0 Å². The van der Waals surface area contributed by atoms with Gasteiger partial charge < -0.3 is 10.2 Å². The lowest BCUT2D eigenvalue weighted by molar-refractivity contribution is 0.0978. The molecule has 3 nitrogen and oxygen atoms in total. The number of nitrogens with one attached hydrogen (secondary N) is 1. The van der Waals surface area contributed by atoms with Crippen molar-refractivity contribution in [3.8, 4) is 0 Å². The van der Waals surface area contributed by atoms with E-state index in [1.165, 1.54) is 16.9 Å². The van der Waals surface area contributed by atoms with E-state index in [0.717, 1.165) is 22.7 Å². The van der Waals surface area contributed by atoms with Crippen molar-refractivity contribution < 1.29 is 4.79 Å². The SMILES string of the molecule is C[C@H]1C[C@H](Nc2ccccc2)c2ccccc2N1C(=O)c1cccs1. The smallest absolute Gasteiger partial charge is 0.268 e. The molecule has 1 amide bonds. The van der Waals surface area contributed by atoms with Crippen molar-refractivity contribution in [3.05, 3.63) is 82.6 Å². The number of carbonyl (C=O) groups excluding carboxylic acids is 1. The molecule has 2 atom stereocenters. The van der Waals surface area contributed by atoms with E-state index in [0.29, 0.717) is 0 Å². The molecule has 2 heterocycles. The lowest BCUT2D eigenvalue weighted by Crippen LogP contribution is -2.44. The quantitative estimate of drug-likeness (QED) is 0.693. The highest BCUT2D eigenvalue weighted by atomic mass is 32.1. The van der Waals surface area contributed by atoms with E-state index in [2.05, 4.69) is 36.5 Å². The number of hydrogen-bond acceptors (Lipinski definition) is 3. The highest BCUT2D eigenvalue weighted by Crippen LogP contribution is 2.39. The maximum atomic E-state index is 13.0. The Morgan fingerprint density at radius 1 is 1.04 bits per heavy atom. The lowest BCUT2D eigenvalue weighted by atomic mass is 9.91. The van der Waals surface area contributed by atoms with E-state index in [-0.39, 0.29) is 18.0 Å². The molecule has 0 spiro atoms. The molecule has 0 aliphatic carbocycles. The fourth-order valence-corrected chi connectivity index (χ4v) is 4.17. The standard InChI is InChI=1S/C21H20N2OS/c1-15-14-18(22-16-8-3-2-4-9-16)17-10-5-6-11-19(17)23(15)21(24)20-12-7-13-25-20/h2-13,15,18,22H,14H2,1H3/t15-,18-/m0/s1. The molecular weight excluding hydrogens is 328 g/mol. The van der Waals surface area contributed by atoms with E-state index >= 15 is 0 Å². The van der Waals surface area contributed by atoms with Gasteiger partial charge in [0.25, 0.3) is 5.91 Å². The van der Waals surface area contributed by atoms with Gasteiger partial charge in [0.15, 0.2) is 0 Å². The van der Waals surface area contributed by atoms with E-state index in [1.54, 1.807) is 0 Å². The average molecular weight is 348 g/mol. The number of benzene rings is 2. The third kappa shape index (κ3) is 3.05. The molecule has 3 aromatic rings. The highest BCUT2D eigenvalue weighted by molar-refractivity contribution is 7.12. The van der Waals surface area contributed by atoms with Crippen molar-refractivity contribution in [1.29, 1.82) is 0 Å². The second-order valence-corrected chi connectivity index (χ2v) is 7.31. The fourth-order valence-electron chi connectivity index (χ4n) is 3.51. The summed E-state index contributed by atoms with van der Waals surface area (Å²) in [5.41, 5.74) is 3.29. The topological polar surface area (TPSA) is 32.3 Å². The molecule has 0 radical (unpaired) electrons. The first kappa shape index (κ1) is 15.9. The van der Waals surface area contributed by atoms with Crippen LogP contribution in [0.2, 0.25) is 0 Å². The molecule has 1 N–H and O–H groups in total. The summed E-state index contributed by atoms with van der Waals surface area (Å²) in [5, 5.41) is 5.58. The van der Waals surface area contributed by atoms with Crippen LogP contribution in [0.25, 0.3) is 0 Å². The summed E-state index contributed by atoms with van der Waals surface area (Å²) in [5.74, 6) is 0.0908. The van der Waals surface area contributed by atoms with Crippen LogP contribution < -0.4 is 10.2 Å². The molecule has 4 heteroatoms. The van der Waals surface area contributed by atoms with Crippen LogP contribution in [0.5, 0.6) is 0 Å². The Hall–Kier alpha value is -2.59. The fraction of sp³-hybridized carbons (Fsp3) is 0.190. The van der Waals surface area contributed by atoms with Gasteiger partial charge in [-0.1, -0.05) is 42.5 Å². The van der Waals surface area contributed by atoms with Crippen LogP contribution in [-0.2, 0) is 0 Å². The van der Waals surface area contributed by atoms with Crippen molar-refractivity contribution in [2.75, 3.05) is 10.2 Å². The molecule has 25 heavy (non-hydrogen) atoms. The lowest BCUT2D eigenvalue weighted by Gasteiger charge is -2.39. The zero-order valence-electron chi connectivity index (χ0n) is 14.1. The first-order chi connectivity index (χ1) is 12.2. The Bertz CT molecular complexity index is 861. The summed E-state index contributed by atoms with van der Waals surface area (Å²) in [6, 6.07) is 22.6. The Balaban J connectivity index is 1.69. The first-order valence-electron chi connectivity index (χ1n) is 8.51. The number of fused-ring (bicyclic) bond motifs is 1. The van der Waals surface area contributed by atoms with Crippen molar-refractivity contribution in [2.45, 2.75) is 25.4 Å². The summed E-state index contributed by atoms with van der Waals surface area (Å²) in [7, 11) is 0. The van der Waals surface area contributed by atoms with Crippen LogP contribution in [0, 0.1) is 0 Å². The van der Waals surface area contributed by atoms with Gasteiger partial charge in [-0.15, -0.1) is 11.3 Å². The van der Waals surface area contributed by atoms with Gasteiger partial charge in [-0.05, 0) is 48.6 Å². The molecule has 0 saturated carbocycles. The largest absolute Gasteiger partial charge is 0.378 e. The summed E-state index contributed by atoms with van der Waals surface area (Å²) in [6.45, 7) is 2.13. The second-order valence-electron chi connectivity index (χ2n) is 6.36. The van der Waals surface area contributed by atoms with Crippen molar-refractivity contribution in [1.82, 2.24) is 0 Å². The van der Waals surface area contributed by atoms with Gasteiger partial charge in [0.1, 0.15) is 0 Å². The zero-order chi connectivity index (χ0) is 17.2. The Labute approximate surface area is 151 Å². The number of amides is 1. The Kier molecular flexibility index (Phi) is 4.28. The zero-order valence-corrected chi connectivity index (χ0v) is 14.9. The van der Waals surface area contributed by atoms with Crippen LogP contribution >= 0.6 is 11.3 Å². The van der Waals surface area contributed by atoms with Crippen molar-refractivity contribution >= 4 is 28.6 Å². The molecule has 2 aromatic carbocycles. The van der Waals surface area contributed by atoms with Crippen LogP contribution in [0.1, 0.15) is 34.6 Å². The molecule has 1 aliphatic heterocycles. The van der Waals surface area contributed by atoms with Gasteiger partial charge in [0.2, 0.25) is 0 Å². The molecule has 1 aliphatic rings. The third-order valence-corrected chi connectivity index (χ3v) is 5.51. The molecule has 0 saturated heterocycles. The number of hydrogen-bond donors (Lipinski definition) is 1. The van der Waals surface area contributed by atoms with Crippen LogP contribution in [0.15, 0.2) is 72.1 Å². The van der Waals surface area contributed by atoms with Crippen LogP contribution in [0.3, 0.4) is 0 Å². The molecule has 0 bridgehead atoms. The van der Waals surface area contributed by atoms with Gasteiger partial charge in [-0.3, -0.25) is 4.79 Å². The Morgan fingerprint density at radius 3 is 2.56 bits per heavy atom. The van der Waals surface area contributed by atoms with E-state index < -0.39 is 0 Å². The van der Waals surface area contributed by atoms with Crippen molar-refractivity contribution in [3.63, 3.8) is 0 Å². The minimum atomic E-state index is 0.0908. The second kappa shape index (κ2) is 6.73. The maximum absolute atomic E-state index is 13.0. The number of nitrogens with zero attached hydrogens (tertiary/aromatic N) is 1. The predicted octanol–water partition coefficient (Wildman–Crippen LogP) is 5.34. The summed E-state index contributed by atoms with van der Waals surface area (Å²) < 4.78 is 0. The monoisotopic (exact) mass is 348 g/mol.